The summed E-state index contributed by atoms with van der Waals surface area (Å²) in [6, 6.07) is 4.58. The number of hydrogen-bond acceptors (Lipinski definition) is 3. The molecule has 0 spiro atoms. The first-order valence-electron chi connectivity index (χ1n) is 5.48. The average Bonchev–Trinajstić information content (AvgIpc) is 3.00. The largest absolute Gasteiger partial charge is 0.364 e. The molecule has 7 heteroatoms. The minimum atomic E-state index is -0.499. The molecule has 0 fully saturated rings. The number of benzene rings is 1. The molecule has 0 saturated carbocycles. The zero-order valence-electron chi connectivity index (χ0n) is 9.61. The van der Waals surface area contributed by atoms with Crippen LogP contribution in [0.2, 0.25) is 5.02 Å². The van der Waals surface area contributed by atoms with E-state index in [-0.39, 0.29) is 10.9 Å². The maximum Gasteiger partial charge on any atom is 0.144 e. The van der Waals surface area contributed by atoms with Crippen molar-refractivity contribution in [2.24, 2.45) is 0 Å². The van der Waals surface area contributed by atoms with Gasteiger partial charge in [-0.15, -0.1) is 11.6 Å². The van der Waals surface area contributed by atoms with Gasteiger partial charge in [-0.3, -0.25) is 0 Å². The maximum atomic E-state index is 13.4. The van der Waals surface area contributed by atoms with Crippen LogP contribution in [-0.4, -0.2) is 14.7 Å². The third-order valence-corrected chi connectivity index (χ3v) is 3.33. The van der Waals surface area contributed by atoms with Crippen LogP contribution >= 0.6 is 23.2 Å². The highest BCUT2D eigenvalue weighted by molar-refractivity contribution is 6.31. The third-order valence-electron chi connectivity index (χ3n) is 2.80. The van der Waals surface area contributed by atoms with Crippen LogP contribution in [0, 0.1) is 5.82 Å². The summed E-state index contributed by atoms with van der Waals surface area (Å²) in [6.45, 7) is 0.441. The van der Waals surface area contributed by atoms with E-state index in [9.17, 15) is 4.39 Å². The second-order valence-electron chi connectivity index (χ2n) is 3.99. The van der Waals surface area contributed by atoms with Gasteiger partial charge < -0.3 is 9.09 Å². The molecule has 1 aromatic carbocycles. The van der Waals surface area contributed by atoms with E-state index >= 15 is 0 Å². The van der Waals surface area contributed by atoms with Crippen LogP contribution < -0.4 is 0 Å². The van der Waals surface area contributed by atoms with E-state index < -0.39 is 5.82 Å². The first-order chi connectivity index (χ1) is 9.19. The van der Waals surface area contributed by atoms with Gasteiger partial charge in [0.25, 0.3) is 0 Å². The van der Waals surface area contributed by atoms with Gasteiger partial charge in [0.15, 0.2) is 0 Å². The highest BCUT2D eigenvalue weighted by Gasteiger charge is 2.14. The van der Waals surface area contributed by atoms with Crippen molar-refractivity contribution in [1.29, 1.82) is 0 Å². The minimum absolute atomic E-state index is 0.0509. The van der Waals surface area contributed by atoms with Crippen molar-refractivity contribution in [2.75, 3.05) is 0 Å². The molecule has 2 aromatic heterocycles. The lowest BCUT2D eigenvalue weighted by Crippen LogP contribution is -2.04. The van der Waals surface area contributed by atoms with Gasteiger partial charge >= 0.3 is 0 Å². The number of hydrogen-bond donors (Lipinski definition) is 0. The second kappa shape index (κ2) is 4.83. The molecular formula is C12H8Cl2FN3O. The number of rotatable bonds is 3. The highest BCUT2D eigenvalue weighted by atomic mass is 35.5. The topological polar surface area (TPSA) is 43.9 Å². The van der Waals surface area contributed by atoms with Crippen molar-refractivity contribution in [3.05, 3.63) is 46.8 Å². The summed E-state index contributed by atoms with van der Waals surface area (Å²) in [4.78, 5) is 4.29. The first-order valence-corrected chi connectivity index (χ1v) is 6.39. The monoisotopic (exact) mass is 299 g/mol. The van der Waals surface area contributed by atoms with Gasteiger partial charge in [0.1, 0.15) is 23.6 Å². The van der Waals surface area contributed by atoms with Crippen molar-refractivity contribution >= 4 is 34.2 Å². The highest BCUT2D eigenvalue weighted by Crippen LogP contribution is 2.25. The van der Waals surface area contributed by atoms with Crippen molar-refractivity contribution < 1.29 is 8.91 Å². The Bertz CT molecular complexity index is 724. The van der Waals surface area contributed by atoms with E-state index in [0.29, 0.717) is 23.4 Å². The fourth-order valence-electron chi connectivity index (χ4n) is 1.93. The summed E-state index contributed by atoms with van der Waals surface area (Å²) >= 11 is 11.7. The number of imidazole rings is 1. The number of nitrogens with zero attached hydrogens (tertiary/aromatic N) is 3. The second-order valence-corrected chi connectivity index (χ2v) is 4.67. The Kier molecular flexibility index (Phi) is 3.16. The summed E-state index contributed by atoms with van der Waals surface area (Å²) in [5.74, 6) is 0.342. The molecule has 19 heavy (non-hydrogen) atoms. The molecule has 0 aliphatic rings. The Morgan fingerprint density at radius 3 is 2.89 bits per heavy atom. The molecule has 0 amide bonds. The van der Waals surface area contributed by atoms with E-state index in [1.807, 2.05) is 4.57 Å². The number of halogens is 3. The van der Waals surface area contributed by atoms with Crippen LogP contribution in [0.25, 0.3) is 11.0 Å². The smallest absolute Gasteiger partial charge is 0.144 e. The van der Waals surface area contributed by atoms with Gasteiger partial charge in [-0.2, -0.15) is 0 Å². The molecule has 0 atom stereocenters. The fourth-order valence-corrected chi connectivity index (χ4v) is 2.29. The van der Waals surface area contributed by atoms with Gasteiger partial charge in [0.2, 0.25) is 0 Å². The summed E-state index contributed by atoms with van der Waals surface area (Å²) < 4.78 is 20.1. The van der Waals surface area contributed by atoms with E-state index in [2.05, 4.69) is 10.1 Å². The lowest BCUT2D eigenvalue weighted by atomic mass is 10.3. The van der Waals surface area contributed by atoms with Crippen LogP contribution in [0.5, 0.6) is 0 Å². The van der Waals surface area contributed by atoms with Crippen molar-refractivity contribution in [3.8, 4) is 0 Å². The van der Waals surface area contributed by atoms with Gasteiger partial charge in [-0.1, -0.05) is 16.8 Å². The van der Waals surface area contributed by atoms with Crippen LogP contribution in [0.1, 0.15) is 11.5 Å². The minimum Gasteiger partial charge on any atom is -0.364 e. The van der Waals surface area contributed by atoms with Crippen molar-refractivity contribution in [1.82, 2.24) is 14.7 Å². The normalized spacial score (nSPS) is 11.3. The first kappa shape index (κ1) is 12.4. The lowest BCUT2D eigenvalue weighted by Gasteiger charge is -2.05. The lowest BCUT2D eigenvalue weighted by molar-refractivity contribution is 0.409. The molecule has 0 saturated heterocycles. The van der Waals surface area contributed by atoms with Crippen LogP contribution in [0.4, 0.5) is 4.39 Å². The SMILES string of the molecule is Fc1cc2nc(CCl)n(Cc3ccon3)c2cc1Cl. The molecule has 0 unspecified atom stereocenters. The maximum absolute atomic E-state index is 13.4. The number of alkyl halides is 1. The molecule has 3 aromatic rings. The zero-order valence-corrected chi connectivity index (χ0v) is 11.1. The molecule has 3 rings (SSSR count). The molecule has 0 bridgehead atoms. The number of fused-ring (bicyclic) bond motifs is 1. The van der Waals surface area contributed by atoms with Crippen LogP contribution in [0.15, 0.2) is 29.0 Å². The fraction of sp³-hybridized carbons (Fsp3) is 0.167. The molecule has 0 aliphatic heterocycles. The standard InChI is InChI=1S/C12H8Cl2FN3O/c13-5-12-16-10-4-9(15)8(14)3-11(10)18(12)6-7-1-2-19-17-7/h1-4H,5-6H2. The van der Waals surface area contributed by atoms with Gasteiger partial charge in [-0.25, -0.2) is 9.37 Å². The Labute approximate surface area is 117 Å². The van der Waals surface area contributed by atoms with E-state index in [1.54, 1.807) is 6.07 Å². The zero-order chi connectivity index (χ0) is 13.4. The molecule has 98 valence electrons. The summed E-state index contributed by atoms with van der Waals surface area (Å²) in [5, 5.41) is 3.89. The summed E-state index contributed by atoms with van der Waals surface area (Å²) in [7, 11) is 0. The predicted molar refractivity (Wildman–Crippen MR) is 69.9 cm³/mol. The number of aromatic nitrogens is 3. The Morgan fingerprint density at radius 2 is 2.21 bits per heavy atom. The van der Waals surface area contributed by atoms with Crippen LogP contribution in [-0.2, 0) is 12.4 Å². The molecule has 2 heterocycles. The molecule has 0 aliphatic carbocycles. The third kappa shape index (κ3) is 2.19. The Balaban J connectivity index is 2.17. The quantitative estimate of drug-likeness (QED) is 0.694. The predicted octanol–water partition coefficient (Wildman–Crippen LogP) is 3.60. The summed E-state index contributed by atoms with van der Waals surface area (Å²) in [5.41, 5.74) is 1.96. The van der Waals surface area contributed by atoms with Gasteiger partial charge in [-0.05, 0) is 6.07 Å². The molecule has 4 nitrogen and oxygen atoms in total. The van der Waals surface area contributed by atoms with E-state index in [1.165, 1.54) is 18.4 Å². The van der Waals surface area contributed by atoms with E-state index in [4.69, 9.17) is 27.7 Å². The van der Waals surface area contributed by atoms with Gasteiger partial charge in [0.05, 0.1) is 28.5 Å². The van der Waals surface area contributed by atoms with Gasteiger partial charge in [0, 0.05) is 12.1 Å². The van der Waals surface area contributed by atoms with Crippen molar-refractivity contribution in [3.63, 3.8) is 0 Å². The van der Waals surface area contributed by atoms with E-state index in [0.717, 1.165) is 5.69 Å². The molecular weight excluding hydrogens is 292 g/mol. The summed E-state index contributed by atoms with van der Waals surface area (Å²) in [6.07, 6.45) is 1.49. The Morgan fingerprint density at radius 1 is 1.37 bits per heavy atom. The Hall–Kier alpha value is -1.59. The molecule has 0 N–H and O–H groups in total. The average molecular weight is 300 g/mol. The van der Waals surface area contributed by atoms with Crippen molar-refractivity contribution in [2.45, 2.75) is 12.4 Å². The van der Waals surface area contributed by atoms with Crippen LogP contribution in [0.3, 0.4) is 0 Å². The molecule has 0 radical (unpaired) electrons.